The van der Waals surface area contributed by atoms with Gasteiger partial charge in [0.1, 0.15) is 11.8 Å². The largest absolute Gasteiger partial charge is 0.494 e. The standard InChI is InChI=1S/C28H33N3O4/c1-2-35-24-12-10-22(11-13-24)31-26(32)18-25(28(31)34)30(27(33)21-8-9-21)23-14-16-29(17-15-23)19-20-6-4-3-5-7-20/h3-7,10-13,21,23,25H,2,8-9,14-19H2,1H3. The van der Waals surface area contributed by atoms with Crippen molar-refractivity contribution in [3.05, 3.63) is 60.2 Å². The van der Waals surface area contributed by atoms with Gasteiger partial charge in [-0.25, -0.2) is 4.90 Å². The highest BCUT2D eigenvalue weighted by Crippen LogP contribution is 2.37. The Morgan fingerprint density at radius 1 is 0.971 bits per heavy atom. The lowest BCUT2D eigenvalue weighted by molar-refractivity contribution is -0.143. The molecule has 1 unspecified atom stereocenters. The first kappa shape index (κ1) is 23.5. The lowest BCUT2D eigenvalue weighted by Crippen LogP contribution is -2.54. The molecule has 0 bridgehead atoms. The number of anilines is 1. The van der Waals surface area contributed by atoms with Gasteiger partial charge in [0.2, 0.25) is 11.8 Å². The predicted octanol–water partition coefficient (Wildman–Crippen LogP) is 3.62. The first-order valence-corrected chi connectivity index (χ1v) is 12.7. The molecular weight excluding hydrogens is 442 g/mol. The third-order valence-electron chi connectivity index (χ3n) is 7.25. The van der Waals surface area contributed by atoms with Crippen molar-refractivity contribution in [2.45, 2.75) is 57.7 Å². The predicted molar refractivity (Wildman–Crippen MR) is 133 cm³/mol. The van der Waals surface area contributed by atoms with E-state index in [-0.39, 0.29) is 36.1 Å². The number of amides is 3. The Bertz CT molecular complexity index is 1060. The van der Waals surface area contributed by atoms with Gasteiger partial charge in [-0.15, -0.1) is 0 Å². The van der Waals surface area contributed by atoms with Crippen LogP contribution in [-0.4, -0.2) is 59.3 Å². The minimum atomic E-state index is -0.715. The van der Waals surface area contributed by atoms with Crippen LogP contribution in [0.4, 0.5) is 5.69 Å². The number of likely N-dealkylation sites (tertiary alicyclic amines) is 1. The summed E-state index contributed by atoms with van der Waals surface area (Å²) in [5.41, 5.74) is 1.81. The van der Waals surface area contributed by atoms with Crippen molar-refractivity contribution in [2.75, 3.05) is 24.6 Å². The molecule has 2 aliphatic heterocycles. The molecule has 184 valence electrons. The number of ether oxygens (including phenoxy) is 1. The summed E-state index contributed by atoms with van der Waals surface area (Å²) in [6.07, 6.45) is 3.42. The van der Waals surface area contributed by atoms with Crippen LogP contribution in [-0.2, 0) is 20.9 Å². The molecule has 7 heteroatoms. The molecule has 35 heavy (non-hydrogen) atoms. The lowest BCUT2D eigenvalue weighted by atomic mass is 9.99. The summed E-state index contributed by atoms with van der Waals surface area (Å²) in [5.74, 6) is 0.199. The summed E-state index contributed by atoms with van der Waals surface area (Å²) in [5, 5.41) is 0. The maximum atomic E-state index is 13.5. The van der Waals surface area contributed by atoms with E-state index in [1.807, 2.05) is 13.0 Å². The van der Waals surface area contributed by atoms with Crippen molar-refractivity contribution >= 4 is 23.4 Å². The van der Waals surface area contributed by atoms with Crippen molar-refractivity contribution < 1.29 is 19.1 Å². The summed E-state index contributed by atoms with van der Waals surface area (Å²) in [4.78, 5) is 45.4. The zero-order valence-corrected chi connectivity index (χ0v) is 20.3. The molecule has 2 aromatic carbocycles. The molecule has 7 nitrogen and oxygen atoms in total. The molecule has 0 N–H and O–H groups in total. The highest BCUT2D eigenvalue weighted by molar-refractivity contribution is 6.23. The van der Waals surface area contributed by atoms with Crippen LogP contribution < -0.4 is 9.64 Å². The minimum Gasteiger partial charge on any atom is -0.494 e. The molecule has 0 radical (unpaired) electrons. The molecule has 0 spiro atoms. The maximum absolute atomic E-state index is 13.5. The number of rotatable bonds is 8. The number of piperidine rings is 1. The third kappa shape index (κ3) is 5.10. The maximum Gasteiger partial charge on any atom is 0.257 e. The van der Waals surface area contributed by atoms with E-state index in [1.165, 1.54) is 10.5 Å². The van der Waals surface area contributed by atoms with Crippen LogP contribution in [0.15, 0.2) is 54.6 Å². The summed E-state index contributed by atoms with van der Waals surface area (Å²) in [7, 11) is 0. The van der Waals surface area contributed by atoms with Gasteiger partial charge in [0.25, 0.3) is 5.91 Å². The van der Waals surface area contributed by atoms with Crippen LogP contribution in [0.25, 0.3) is 0 Å². The number of nitrogens with zero attached hydrogens (tertiary/aromatic N) is 3. The fourth-order valence-electron chi connectivity index (χ4n) is 5.29. The van der Waals surface area contributed by atoms with Gasteiger partial charge in [0.15, 0.2) is 0 Å². The number of benzene rings is 2. The van der Waals surface area contributed by atoms with Crippen molar-refractivity contribution in [3.8, 4) is 5.75 Å². The smallest absolute Gasteiger partial charge is 0.257 e. The topological polar surface area (TPSA) is 70.2 Å². The normalized spacial score (nSPS) is 21.4. The second kappa shape index (κ2) is 10.2. The molecule has 2 heterocycles. The lowest BCUT2D eigenvalue weighted by Gasteiger charge is -2.41. The van der Waals surface area contributed by atoms with E-state index in [2.05, 4.69) is 29.2 Å². The van der Waals surface area contributed by atoms with Gasteiger partial charge in [0, 0.05) is 31.6 Å². The number of carbonyl (C=O) groups excluding carboxylic acids is 3. The molecule has 5 rings (SSSR count). The zero-order valence-electron chi connectivity index (χ0n) is 20.3. The quantitative estimate of drug-likeness (QED) is 0.546. The van der Waals surface area contributed by atoms with E-state index in [0.717, 1.165) is 45.3 Å². The Hall–Kier alpha value is -3.19. The molecule has 1 saturated carbocycles. The Kier molecular flexibility index (Phi) is 6.86. The SMILES string of the molecule is CCOc1ccc(N2C(=O)CC(N(C(=O)C3CC3)C3CCN(Cc4ccccc4)CC3)C2=O)cc1. The van der Waals surface area contributed by atoms with Crippen LogP contribution in [0.2, 0.25) is 0 Å². The van der Waals surface area contributed by atoms with E-state index in [9.17, 15) is 14.4 Å². The molecule has 3 amide bonds. The van der Waals surface area contributed by atoms with Gasteiger partial charge in [-0.3, -0.25) is 19.3 Å². The average Bonchev–Trinajstić information content (AvgIpc) is 3.68. The van der Waals surface area contributed by atoms with Crippen molar-refractivity contribution in [1.29, 1.82) is 0 Å². The number of hydrogen-bond donors (Lipinski definition) is 0. The van der Waals surface area contributed by atoms with Gasteiger partial charge >= 0.3 is 0 Å². The Balaban J connectivity index is 1.30. The summed E-state index contributed by atoms with van der Waals surface area (Å²) < 4.78 is 5.48. The van der Waals surface area contributed by atoms with Crippen LogP contribution in [0.1, 0.15) is 44.6 Å². The fourth-order valence-corrected chi connectivity index (χ4v) is 5.29. The average molecular weight is 476 g/mol. The molecule has 1 aliphatic carbocycles. The number of imide groups is 1. The first-order chi connectivity index (χ1) is 17.0. The van der Waals surface area contributed by atoms with Crippen LogP contribution in [0.5, 0.6) is 5.75 Å². The van der Waals surface area contributed by atoms with Crippen LogP contribution in [0.3, 0.4) is 0 Å². The van der Waals surface area contributed by atoms with E-state index >= 15 is 0 Å². The zero-order chi connectivity index (χ0) is 24.4. The van der Waals surface area contributed by atoms with Crippen molar-refractivity contribution in [1.82, 2.24) is 9.80 Å². The highest BCUT2D eigenvalue weighted by atomic mass is 16.5. The van der Waals surface area contributed by atoms with E-state index in [4.69, 9.17) is 4.74 Å². The van der Waals surface area contributed by atoms with Crippen LogP contribution >= 0.6 is 0 Å². The van der Waals surface area contributed by atoms with E-state index in [0.29, 0.717) is 18.0 Å². The molecule has 2 aromatic rings. The fraction of sp³-hybridized carbons (Fsp3) is 0.464. The van der Waals surface area contributed by atoms with Crippen LogP contribution in [0, 0.1) is 5.92 Å². The second-order valence-corrected chi connectivity index (χ2v) is 9.73. The van der Waals surface area contributed by atoms with Crippen molar-refractivity contribution in [2.24, 2.45) is 5.92 Å². The van der Waals surface area contributed by atoms with Gasteiger partial charge in [-0.1, -0.05) is 30.3 Å². The molecule has 3 aliphatic rings. The Morgan fingerprint density at radius 2 is 1.66 bits per heavy atom. The number of hydrogen-bond acceptors (Lipinski definition) is 5. The first-order valence-electron chi connectivity index (χ1n) is 12.7. The van der Waals surface area contributed by atoms with E-state index < -0.39 is 6.04 Å². The van der Waals surface area contributed by atoms with Gasteiger partial charge < -0.3 is 9.64 Å². The van der Waals surface area contributed by atoms with Gasteiger partial charge in [-0.05, 0) is 62.4 Å². The summed E-state index contributed by atoms with van der Waals surface area (Å²) in [6, 6.07) is 16.7. The van der Waals surface area contributed by atoms with Gasteiger partial charge in [-0.2, -0.15) is 0 Å². The molecular formula is C28H33N3O4. The molecule has 1 atom stereocenters. The van der Waals surface area contributed by atoms with E-state index in [1.54, 1.807) is 29.2 Å². The summed E-state index contributed by atoms with van der Waals surface area (Å²) in [6.45, 7) is 5.07. The molecule has 3 fully saturated rings. The highest BCUT2D eigenvalue weighted by Gasteiger charge is 2.49. The second-order valence-electron chi connectivity index (χ2n) is 9.73. The van der Waals surface area contributed by atoms with Gasteiger partial charge in [0.05, 0.1) is 18.7 Å². The summed E-state index contributed by atoms with van der Waals surface area (Å²) >= 11 is 0. The monoisotopic (exact) mass is 475 g/mol. The Morgan fingerprint density at radius 3 is 2.29 bits per heavy atom. The molecule has 0 aromatic heterocycles. The third-order valence-corrected chi connectivity index (χ3v) is 7.25. The number of carbonyl (C=O) groups is 3. The Labute approximate surface area is 206 Å². The van der Waals surface area contributed by atoms with Crippen molar-refractivity contribution in [3.63, 3.8) is 0 Å². The minimum absolute atomic E-state index is 0.000207. The molecule has 2 saturated heterocycles.